The average Bonchev–Trinajstić information content (AvgIpc) is 2.06. The highest BCUT2D eigenvalue weighted by molar-refractivity contribution is 7.87. The molecule has 0 aromatic heterocycles. The number of rotatable bonds is 3. The summed E-state index contributed by atoms with van der Waals surface area (Å²) in [6, 6.07) is 0. The summed E-state index contributed by atoms with van der Waals surface area (Å²) in [7, 11) is -3.82. The molecule has 1 rings (SSSR count). The molecule has 1 fully saturated rings. The fourth-order valence-electron chi connectivity index (χ4n) is 1.95. The largest absolute Gasteiger partial charge is 0.386 e. The molecule has 0 atom stereocenters. The highest BCUT2D eigenvalue weighted by Gasteiger charge is 2.39. The Morgan fingerprint density at radius 3 is 2.27 bits per heavy atom. The van der Waals surface area contributed by atoms with Gasteiger partial charge in [0.2, 0.25) is 0 Å². The van der Waals surface area contributed by atoms with Crippen molar-refractivity contribution >= 4 is 16.0 Å². The van der Waals surface area contributed by atoms with E-state index in [1.807, 2.05) is 0 Å². The van der Waals surface area contributed by atoms with Crippen LogP contribution in [0.15, 0.2) is 0 Å². The monoisotopic (exact) mass is 234 g/mol. The Balaban J connectivity index is 2.86. The van der Waals surface area contributed by atoms with Crippen LogP contribution in [0, 0.1) is 11.3 Å². The number of amidine groups is 1. The van der Waals surface area contributed by atoms with Crippen LogP contribution in [-0.4, -0.2) is 19.8 Å². The summed E-state index contributed by atoms with van der Waals surface area (Å²) in [5.41, 5.74) is 4.50. The van der Waals surface area contributed by atoms with Crippen LogP contribution >= 0.6 is 0 Å². The molecule has 88 valence electrons. The smallest absolute Gasteiger partial charge is 0.275 e. The zero-order valence-electron chi connectivity index (χ0n) is 8.79. The number of nitrogens with two attached hydrogens (primary N) is 2. The Kier molecular flexibility index (Phi) is 3.37. The zero-order valence-corrected chi connectivity index (χ0v) is 9.60. The highest BCUT2D eigenvalue weighted by Crippen LogP contribution is 2.32. The van der Waals surface area contributed by atoms with Gasteiger partial charge in [-0.05, 0) is 31.6 Å². The van der Waals surface area contributed by atoms with Crippen molar-refractivity contribution in [2.24, 2.45) is 16.8 Å². The molecule has 15 heavy (non-hydrogen) atoms. The maximum Gasteiger partial charge on any atom is 0.275 e. The van der Waals surface area contributed by atoms with Gasteiger partial charge in [-0.1, -0.05) is 6.92 Å². The lowest BCUT2D eigenvalue weighted by Gasteiger charge is -2.38. The normalized spacial score (nSPS) is 32.5. The van der Waals surface area contributed by atoms with E-state index in [0.717, 1.165) is 12.8 Å². The first kappa shape index (κ1) is 12.4. The van der Waals surface area contributed by atoms with Gasteiger partial charge in [0, 0.05) is 0 Å². The van der Waals surface area contributed by atoms with Gasteiger partial charge in [0.15, 0.2) is 0 Å². The van der Waals surface area contributed by atoms with Gasteiger partial charge in [-0.15, -0.1) is 0 Å². The van der Waals surface area contributed by atoms with Crippen LogP contribution in [0.5, 0.6) is 0 Å². The predicted octanol–water partition coefficient (Wildman–Crippen LogP) is -0.336. The summed E-state index contributed by atoms with van der Waals surface area (Å²) in [5.74, 6) is 0.392. The molecule has 0 aromatic rings. The van der Waals surface area contributed by atoms with E-state index in [9.17, 15) is 8.42 Å². The van der Waals surface area contributed by atoms with Gasteiger partial charge in [-0.25, -0.2) is 5.14 Å². The van der Waals surface area contributed by atoms with Gasteiger partial charge < -0.3 is 5.73 Å². The Hall–Kier alpha value is -0.660. The zero-order chi connectivity index (χ0) is 11.7. The highest BCUT2D eigenvalue weighted by atomic mass is 32.2. The quantitative estimate of drug-likeness (QED) is 0.395. The lowest BCUT2D eigenvalue weighted by Crippen LogP contribution is -2.60. The fourth-order valence-corrected chi connectivity index (χ4v) is 2.81. The molecular formula is C8H18N4O2S. The van der Waals surface area contributed by atoms with E-state index in [4.69, 9.17) is 16.3 Å². The van der Waals surface area contributed by atoms with Crippen molar-refractivity contribution in [2.45, 2.75) is 38.1 Å². The van der Waals surface area contributed by atoms with E-state index in [1.54, 1.807) is 0 Å². The molecule has 1 aliphatic rings. The minimum absolute atomic E-state index is 0.150. The van der Waals surface area contributed by atoms with Crippen LogP contribution in [0.25, 0.3) is 0 Å². The summed E-state index contributed by atoms with van der Waals surface area (Å²) in [6.07, 6.45) is 2.78. The Bertz CT molecular complexity index is 344. The third-order valence-electron chi connectivity index (χ3n) is 2.98. The fraction of sp³-hybridized carbons (Fsp3) is 0.875. The summed E-state index contributed by atoms with van der Waals surface area (Å²) in [5, 5.41) is 12.4. The third-order valence-corrected chi connectivity index (χ3v) is 3.66. The molecule has 0 aromatic carbocycles. The maximum atomic E-state index is 11.0. The minimum Gasteiger partial charge on any atom is -0.386 e. The summed E-state index contributed by atoms with van der Waals surface area (Å²) in [6.45, 7) is 2.10. The molecule has 0 heterocycles. The van der Waals surface area contributed by atoms with Gasteiger partial charge in [0.05, 0.1) is 5.54 Å². The van der Waals surface area contributed by atoms with Gasteiger partial charge in [-0.2, -0.15) is 13.1 Å². The first-order valence-electron chi connectivity index (χ1n) is 4.91. The number of hydrogen-bond acceptors (Lipinski definition) is 3. The van der Waals surface area contributed by atoms with Crippen molar-refractivity contribution in [3.8, 4) is 0 Å². The first-order chi connectivity index (χ1) is 6.75. The van der Waals surface area contributed by atoms with Crippen LogP contribution in [0.4, 0.5) is 0 Å². The van der Waals surface area contributed by atoms with Crippen molar-refractivity contribution in [3.05, 3.63) is 0 Å². The maximum absolute atomic E-state index is 11.0. The molecule has 0 saturated heterocycles. The average molecular weight is 234 g/mol. The second-order valence-electron chi connectivity index (χ2n) is 4.33. The molecule has 7 heteroatoms. The number of hydrogen-bond donors (Lipinski definition) is 4. The first-order valence-corrected chi connectivity index (χ1v) is 6.46. The van der Waals surface area contributed by atoms with E-state index in [-0.39, 0.29) is 5.84 Å². The molecule has 6 N–H and O–H groups in total. The van der Waals surface area contributed by atoms with Crippen LogP contribution in [0.2, 0.25) is 0 Å². The van der Waals surface area contributed by atoms with E-state index in [1.165, 1.54) is 0 Å². The second kappa shape index (κ2) is 4.07. The van der Waals surface area contributed by atoms with Crippen LogP contribution in [0.1, 0.15) is 32.6 Å². The van der Waals surface area contributed by atoms with E-state index >= 15 is 0 Å². The van der Waals surface area contributed by atoms with Crippen molar-refractivity contribution in [2.75, 3.05) is 0 Å². The molecule has 1 aliphatic carbocycles. The van der Waals surface area contributed by atoms with E-state index in [2.05, 4.69) is 11.6 Å². The summed E-state index contributed by atoms with van der Waals surface area (Å²) in [4.78, 5) is 0. The van der Waals surface area contributed by atoms with Crippen molar-refractivity contribution < 1.29 is 8.42 Å². The number of nitrogens with one attached hydrogen (secondary N) is 2. The molecule has 1 saturated carbocycles. The van der Waals surface area contributed by atoms with Gasteiger partial charge >= 0.3 is 0 Å². The van der Waals surface area contributed by atoms with Crippen molar-refractivity contribution in [1.82, 2.24) is 4.72 Å². The molecular weight excluding hydrogens is 216 g/mol. The van der Waals surface area contributed by atoms with Gasteiger partial charge in [0.1, 0.15) is 5.84 Å². The van der Waals surface area contributed by atoms with E-state index < -0.39 is 15.7 Å². The molecule has 0 radical (unpaired) electrons. The molecule has 0 spiro atoms. The second-order valence-corrected chi connectivity index (χ2v) is 5.62. The Morgan fingerprint density at radius 2 is 1.93 bits per heavy atom. The van der Waals surface area contributed by atoms with Crippen LogP contribution in [-0.2, 0) is 10.2 Å². The van der Waals surface area contributed by atoms with Crippen LogP contribution in [0.3, 0.4) is 0 Å². The SMILES string of the molecule is CC1CCC(NS(N)(=O)=O)(C(=N)N)CC1. The van der Waals surface area contributed by atoms with Crippen molar-refractivity contribution in [1.29, 1.82) is 5.41 Å². The summed E-state index contributed by atoms with van der Waals surface area (Å²) >= 11 is 0. The summed E-state index contributed by atoms with van der Waals surface area (Å²) < 4.78 is 24.3. The molecule has 0 unspecified atom stereocenters. The standard InChI is InChI=1S/C8H18N4O2S/c1-6-2-4-8(5-3-6,7(9)10)12-15(11,13)14/h6,12H,2-5H2,1H3,(H3,9,10)(H2,11,13,14). The molecule has 6 nitrogen and oxygen atoms in total. The lowest BCUT2D eigenvalue weighted by atomic mass is 9.77. The third kappa shape index (κ3) is 3.15. The van der Waals surface area contributed by atoms with Gasteiger partial charge in [-0.3, -0.25) is 5.41 Å². The van der Waals surface area contributed by atoms with Crippen molar-refractivity contribution in [3.63, 3.8) is 0 Å². The lowest BCUT2D eigenvalue weighted by molar-refractivity contribution is 0.286. The van der Waals surface area contributed by atoms with E-state index in [0.29, 0.717) is 18.8 Å². The van der Waals surface area contributed by atoms with Gasteiger partial charge in [0.25, 0.3) is 10.2 Å². The molecule has 0 bridgehead atoms. The molecule has 0 amide bonds. The van der Waals surface area contributed by atoms with Crippen LogP contribution < -0.4 is 15.6 Å². The minimum atomic E-state index is -3.82. The molecule has 0 aliphatic heterocycles. The Labute approximate surface area is 90.1 Å². The predicted molar refractivity (Wildman–Crippen MR) is 58.5 cm³/mol. The topological polar surface area (TPSA) is 122 Å². The Morgan fingerprint density at radius 1 is 1.47 bits per heavy atom.